The summed E-state index contributed by atoms with van der Waals surface area (Å²) >= 11 is 0. The van der Waals surface area contributed by atoms with Gasteiger partial charge in [0.1, 0.15) is 0 Å². The molecular weight excluding hydrogens is 336 g/mol. The lowest BCUT2D eigenvalue weighted by Gasteiger charge is -2.09. The monoisotopic (exact) mass is 360 g/mol. The minimum Gasteiger partial charge on any atom is -0.307 e. The van der Waals surface area contributed by atoms with Gasteiger partial charge in [0.15, 0.2) is 0 Å². The fourth-order valence-corrected chi connectivity index (χ4v) is 4.21. The van der Waals surface area contributed by atoms with Crippen molar-refractivity contribution in [3.63, 3.8) is 0 Å². The maximum atomic E-state index is 12.9. The van der Waals surface area contributed by atoms with Crippen LogP contribution in [0.4, 0.5) is 0 Å². The van der Waals surface area contributed by atoms with Crippen molar-refractivity contribution in [3.05, 3.63) is 64.1 Å². The first kappa shape index (κ1) is 19.0. The summed E-state index contributed by atoms with van der Waals surface area (Å²) in [4.78, 5) is 12.2. The predicted octanol–water partition coefficient (Wildman–Crippen LogP) is 3.70. The summed E-state index contributed by atoms with van der Waals surface area (Å²) in [5, 5.41) is 0. The normalized spacial score (nSPS) is 11.2. The van der Waals surface area contributed by atoms with Crippen LogP contribution < -0.4 is 5.56 Å². The van der Waals surface area contributed by atoms with Gasteiger partial charge in [0.05, 0.1) is 15.9 Å². The Balaban J connectivity index is 0.00000109. The molecule has 25 heavy (non-hydrogen) atoms. The molecule has 134 valence electrons. The van der Waals surface area contributed by atoms with Crippen LogP contribution >= 0.6 is 0 Å². The maximum Gasteiger partial charge on any atom is 0.268 e. The number of aryl methyl sites for hydroxylation is 3. The Kier molecular flexibility index (Phi) is 5.52. The molecule has 0 saturated heterocycles. The summed E-state index contributed by atoms with van der Waals surface area (Å²) in [5.41, 5.74) is 2.81. The molecule has 6 heteroatoms. The highest BCUT2D eigenvalue weighted by atomic mass is 32.2. The summed E-state index contributed by atoms with van der Waals surface area (Å²) < 4.78 is 28.7. The predicted molar refractivity (Wildman–Crippen MR) is 102 cm³/mol. The molecule has 1 aromatic carbocycles. The Bertz CT molecular complexity index is 1040. The Morgan fingerprint density at radius 3 is 2.12 bits per heavy atom. The van der Waals surface area contributed by atoms with Crippen LogP contribution in [0.5, 0.6) is 0 Å². The highest BCUT2D eigenvalue weighted by Crippen LogP contribution is 2.24. The molecule has 0 saturated carbocycles. The Morgan fingerprint density at radius 1 is 0.960 bits per heavy atom. The fraction of sp³-hybridized carbons (Fsp3) is 0.316. The van der Waals surface area contributed by atoms with Crippen molar-refractivity contribution in [1.29, 1.82) is 0 Å². The molecule has 0 aliphatic carbocycles. The Hall–Kier alpha value is -2.34. The van der Waals surface area contributed by atoms with Crippen molar-refractivity contribution in [2.75, 3.05) is 0 Å². The first-order valence-corrected chi connectivity index (χ1v) is 9.84. The van der Waals surface area contributed by atoms with E-state index in [4.69, 9.17) is 0 Å². The molecule has 3 rings (SSSR count). The summed E-state index contributed by atoms with van der Waals surface area (Å²) in [7, 11) is -3.70. The molecule has 0 fully saturated rings. The molecule has 0 spiro atoms. The topological polar surface area (TPSA) is 61.1 Å². The van der Waals surface area contributed by atoms with Crippen LogP contribution in [-0.2, 0) is 16.6 Å². The standard InChI is InChI=1S/C17H18N2O3S.C2H6/c1-4-18-16(20)10-9-15-17(18)13(3)11-19(15)23(21,22)14-7-5-12(2)6-8-14;1-2/h5-11H,4H2,1-3H3;1-2H3. The number of fused-ring (bicyclic) bond motifs is 1. The lowest BCUT2D eigenvalue weighted by Crippen LogP contribution is -2.19. The van der Waals surface area contributed by atoms with Gasteiger partial charge in [-0.15, -0.1) is 0 Å². The molecule has 0 aliphatic heterocycles. The zero-order valence-electron chi connectivity index (χ0n) is 15.3. The molecule has 0 amide bonds. The summed E-state index contributed by atoms with van der Waals surface area (Å²) in [6.45, 7) is 10.1. The smallest absolute Gasteiger partial charge is 0.268 e. The van der Waals surface area contributed by atoms with Gasteiger partial charge in [-0.05, 0) is 44.5 Å². The average Bonchev–Trinajstić information content (AvgIpc) is 2.95. The molecular formula is C19H24N2O3S. The largest absolute Gasteiger partial charge is 0.307 e. The van der Waals surface area contributed by atoms with Gasteiger partial charge in [0.25, 0.3) is 15.6 Å². The molecule has 0 radical (unpaired) electrons. The number of rotatable bonds is 3. The van der Waals surface area contributed by atoms with Crippen molar-refractivity contribution in [2.24, 2.45) is 0 Å². The van der Waals surface area contributed by atoms with Crippen molar-refractivity contribution >= 4 is 21.1 Å². The minimum absolute atomic E-state index is 0.131. The van der Waals surface area contributed by atoms with Crippen molar-refractivity contribution in [3.8, 4) is 0 Å². The molecule has 5 nitrogen and oxygen atoms in total. The van der Waals surface area contributed by atoms with E-state index in [1.165, 1.54) is 10.0 Å². The molecule has 2 heterocycles. The lowest BCUT2D eigenvalue weighted by molar-refractivity contribution is 0.589. The number of pyridine rings is 1. The van der Waals surface area contributed by atoms with Gasteiger partial charge in [0, 0.05) is 18.8 Å². The highest BCUT2D eigenvalue weighted by molar-refractivity contribution is 7.90. The van der Waals surface area contributed by atoms with E-state index >= 15 is 0 Å². The van der Waals surface area contributed by atoms with Gasteiger partial charge < -0.3 is 4.57 Å². The van der Waals surface area contributed by atoms with Crippen LogP contribution in [-0.4, -0.2) is 17.0 Å². The van der Waals surface area contributed by atoms with Crippen LogP contribution in [0.1, 0.15) is 31.9 Å². The first-order chi connectivity index (χ1) is 11.9. The molecule has 0 unspecified atom stereocenters. The Labute approximate surface area is 148 Å². The molecule has 0 atom stereocenters. The van der Waals surface area contributed by atoms with Crippen LogP contribution in [0.2, 0.25) is 0 Å². The number of aromatic nitrogens is 2. The summed E-state index contributed by atoms with van der Waals surface area (Å²) in [6, 6.07) is 9.72. The van der Waals surface area contributed by atoms with E-state index in [2.05, 4.69) is 0 Å². The van der Waals surface area contributed by atoms with E-state index in [-0.39, 0.29) is 10.5 Å². The van der Waals surface area contributed by atoms with Crippen LogP contribution in [0.25, 0.3) is 11.0 Å². The third-order valence-electron chi connectivity index (χ3n) is 3.98. The molecule has 3 aromatic rings. The fourth-order valence-electron chi connectivity index (χ4n) is 2.80. The van der Waals surface area contributed by atoms with Gasteiger partial charge in [-0.25, -0.2) is 12.4 Å². The van der Waals surface area contributed by atoms with E-state index in [1.54, 1.807) is 41.1 Å². The molecule has 0 N–H and O–H groups in total. The van der Waals surface area contributed by atoms with Crippen LogP contribution in [0, 0.1) is 13.8 Å². The van der Waals surface area contributed by atoms with Gasteiger partial charge >= 0.3 is 0 Å². The van der Waals surface area contributed by atoms with E-state index in [9.17, 15) is 13.2 Å². The highest BCUT2D eigenvalue weighted by Gasteiger charge is 2.21. The zero-order chi connectivity index (χ0) is 18.8. The average molecular weight is 360 g/mol. The van der Waals surface area contributed by atoms with Gasteiger partial charge in [-0.1, -0.05) is 31.5 Å². The number of hydrogen-bond donors (Lipinski definition) is 0. The molecule has 0 aliphatic rings. The second-order valence-corrected chi connectivity index (χ2v) is 7.39. The quantitative estimate of drug-likeness (QED) is 0.715. The van der Waals surface area contributed by atoms with E-state index in [0.717, 1.165) is 11.1 Å². The first-order valence-electron chi connectivity index (χ1n) is 8.40. The number of benzene rings is 1. The molecule has 2 aromatic heterocycles. The van der Waals surface area contributed by atoms with Crippen molar-refractivity contribution in [2.45, 2.75) is 46.1 Å². The van der Waals surface area contributed by atoms with Crippen LogP contribution in [0.15, 0.2) is 52.3 Å². The van der Waals surface area contributed by atoms with Gasteiger partial charge in [0.2, 0.25) is 0 Å². The van der Waals surface area contributed by atoms with E-state index < -0.39 is 10.0 Å². The minimum atomic E-state index is -3.70. The second kappa shape index (κ2) is 7.27. The lowest BCUT2D eigenvalue weighted by atomic mass is 10.2. The van der Waals surface area contributed by atoms with Gasteiger partial charge in [-0.2, -0.15) is 0 Å². The number of hydrogen-bond acceptors (Lipinski definition) is 3. The summed E-state index contributed by atoms with van der Waals surface area (Å²) in [6.07, 6.45) is 1.57. The SMILES string of the molecule is CC.CCn1c(=O)ccc2c1c(C)cn2S(=O)(=O)c1ccc(C)cc1. The van der Waals surface area contributed by atoms with E-state index in [1.807, 2.05) is 34.6 Å². The van der Waals surface area contributed by atoms with Crippen molar-refractivity contribution < 1.29 is 8.42 Å². The Morgan fingerprint density at radius 2 is 1.56 bits per heavy atom. The van der Waals surface area contributed by atoms with Crippen molar-refractivity contribution in [1.82, 2.24) is 8.54 Å². The third kappa shape index (κ3) is 3.26. The van der Waals surface area contributed by atoms with Gasteiger partial charge in [-0.3, -0.25) is 4.79 Å². The van der Waals surface area contributed by atoms with Crippen LogP contribution in [0.3, 0.4) is 0 Å². The third-order valence-corrected chi connectivity index (χ3v) is 5.67. The van der Waals surface area contributed by atoms with E-state index in [0.29, 0.717) is 17.6 Å². The second-order valence-electron chi connectivity index (χ2n) is 5.58. The molecule has 0 bridgehead atoms. The summed E-state index contributed by atoms with van der Waals surface area (Å²) in [5.74, 6) is 0. The number of nitrogens with zero attached hydrogens (tertiary/aromatic N) is 2. The maximum absolute atomic E-state index is 12.9. The zero-order valence-corrected chi connectivity index (χ0v) is 16.1.